The summed E-state index contributed by atoms with van der Waals surface area (Å²) < 4.78 is 37.6. The standard InChI is InChI=1S/C10H16N4O5S2/c1-7(20(2)17)6-12-21(18,19)8-3-4-9(13-11)10(5-8)14(15)16/h3-5,7,12-13H,6,11H2,1-2H3. The Bertz CT molecular complexity index is 661. The van der Waals surface area contributed by atoms with Crippen LogP contribution in [0.4, 0.5) is 11.4 Å². The summed E-state index contributed by atoms with van der Waals surface area (Å²) in [6.07, 6.45) is 1.46. The van der Waals surface area contributed by atoms with Gasteiger partial charge in [-0.2, -0.15) is 0 Å². The van der Waals surface area contributed by atoms with Gasteiger partial charge >= 0.3 is 0 Å². The number of hydrogen-bond donors (Lipinski definition) is 3. The van der Waals surface area contributed by atoms with Crippen molar-refractivity contribution >= 4 is 32.2 Å². The van der Waals surface area contributed by atoms with Crippen LogP contribution in [0.1, 0.15) is 6.92 Å². The number of nitro benzene ring substituents is 1. The van der Waals surface area contributed by atoms with E-state index in [9.17, 15) is 22.7 Å². The first kappa shape index (κ1) is 17.5. The van der Waals surface area contributed by atoms with Crippen LogP contribution >= 0.6 is 0 Å². The average molecular weight is 336 g/mol. The number of anilines is 1. The highest BCUT2D eigenvalue weighted by molar-refractivity contribution is 7.89. The fraction of sp³-hybridized carbons (Fsp3) is 0.400. The Balaban J connectivity index is 3.06. The fourth-order valence-corrected chi connectivity index (χ4v) is 2.95. The second-order valence-electron chi connectivity index (χ2n) is 4.24. The van der Waals surface area contributed by atoms with Crippen LogP contribution in [0, 0.1) is 10.1 Å². The molecule has 2 atom stereocenters. The molecule has 0 aliphatic heterocycles. The van der Waals surface area contributed by atoms with Crippen molar-refractivity contribution < 1.29 is 17.6 Å². The molecule has 0 heterocycles. The fourth-order valence-electron chi connectivity index (χ4n) is 1.38. The van der Waals surface area contributed by atoms with Crippen LogP contribution in [0.5, 0.6) is 0 Å². The number of sulfonamides is 1. The van der Waals surface area contributed by atoms with E-state index < -0.39 is 31.4 Å². The van der Waals surface area contributed by atoms with Gasteiger partial charge < -0.3 is 5.43 Å². The molecule has 9 nitrogen and oxygen atoms in total. The van der Waals surface area contributed by atoms with Crippen molar-refractivity contribution in [2.75, 3.05) is 18.2 Å². The van der Waals surface area contributed by atoms with Crippen molar-refractivity contribution in [2.24, 2.45) is 5.84 Å². The molecule has 1 aromatic carbocycles. The zero-order chi connectivity index (χ0) is 16.2. The monoisotopic (exact) mass is 336 g/mol. The van der Waals surface area contributed by atoms with Crippen LogP contribution in [0.2, 0.25) is 0 Å². The van der Waals surface area contributed by atoms with Crippen LogP contribution in [-0.4, -0.2) is 35.6 Å². The summed E-state index contributed by atoms with van der Waals surface area (Å²) in [5.41, 5.74) is 1.67. The summed E-state index contributed by atoms with van der Waals surface area (Å²) in [5.74, 6) is 5.13. The molecule has 0 saturated heterocycles. The van der Waals surface area contributed by atoms with Crippen LogP contribution < -0.4 is 16.0 Å². The third kappa shape index (κ3) is 4.46. The topological polar surface area (TPSA) is 144 Å². The Morgan fingerprint density at radius 2 is 2.10 bits per heavy atom. The van der Waals surface area contributed by atoms with Gasteiger partial charge in [0, 0.05) is 34.9 Å². The summed E-state index contributed by atoms with van der Waals surface area (Å²) in [6, 6.07) is 3.30. The number of hydrazine groups is 1. The first-order valence-electron chi connectivity index (χ1n) is 5.76. The SMILES string of the molecule is CC(CNS(=O)(=O)c1ccc(NN)c([N+](=O)[O-])c1)S(C)=O. The molecular weight excluding hydrogens is 320 g/mol. The first-order valence-corrected chi connectivity index (χ1v) is 8.86. The van der Waals surface area contributed by atoms with Gasteiger partial charge in [-0.3, -0.25) is 20.2 Å². The predicted molar refractivity (Wildman–Crippen MR) is 79.6 cm³/mol. The van der Waals surface area contributed by atoms with E-state index in [-0.39, 0.29) is 22.4 Å². The van der Waals surface area contributed by atoms with Crippen LogP contribution in [-0.2, 0) is 20.8 Å². The molecule has 0 radical (unpaired) electrons. The summed E-state index contributed by atoms with van der Waals surface area (Å²) in [6.45, 7) is 1.60. The van der Waals surface area contributed by atoms with Crippen molar-refractivity contribution in [1.82, 2.24) is 4.72 Å². The van der Waals surface area contributed by atoms with Gasteiger partial charge in [0.15, 0.2) is 0 Å². The van der Waals surface area contributed by atoms with Crippen molar-refractivity contribution in [3.05, 3.63) is 28.3 Å². The molecule has 0 aromatic heterocycles. The minimum Gasteiger partial charge on any atom is -0.318 e. The molecule has 1 rings (SSSR count). The molecule has 0 saturated carbocycles. The number of nitrogens with one attached hydrogen (secondary N) is 2. The third-order valence-electron chi connectivity index (χ3n) is 2.76. The van der Waals surface area contributed by atoms with Gasteiger partial charge in [-0.1, -0.05) is 0 Å². The van der Waals surface area contributed by atoms with E-state index >= 15 is 0 Å². The highest BCUT2D eigenvalue weighted by Gasteiger charge is 2.21. The molecule has 118 valence electrons. The van der Waals surface area contributed by atoms with Crippen molar-refractivity contribution in [3.8, 4) is 0 Å². The number of benzene rings is 1. The van der Waals surface area contributed by atoms with Crippen molar-refractivity contribution in [2.45, 2.75) is 17.1 Å². The molecule has 2 unspecified atom stereocenters. The van der Waals surface area contributed by atoms with Gasteiger partial charge in [0.1, 0.15) is 5.69 Å². The lowest BCUT2D eigenvalue weighted by molar-refractivity contribution is -0.384. The largest absolute Gasteiger partial charge is 0.318 e. The first-order chi connectivity index (χ1) is 9.69. The highest BCUT2D eigenvalue weighted by atomic mass is 32.2. The number of hydrogen-bond acceptors (Lipinski definition) is 7. The molecule has 0 bridgehead atoms. The molecule has 0 amide bonds. The van der Waals surface area contributed by atoms with Gasteiger partial charge in [0.2, 0.25) is 10.0 Å². The van der Waals surface area contributed by atoms with E-state index in [1.54, 1.807) is 6.92 Å². The predicted octanol–water partition coefficient (Wildman–Crippen LogP) is -0.0743. The molecule has 0 spiro atoms. The Hall–Kier alpha value is -1.56. The van der Waals surface area contributed by atoms with E-state index in [1.807, 2.05) is 0 Å². The zero-order valence-electron chi connectivity index (χ0n) is 11.4. The maximum atomic E-state index is 12.0. The van der Waals surface area contributed by atoms with Gasteiger partial charge in [-0.15, -0.1) is 0 Å². The Labute approximate surface area is 124 Å². The molecule has 4 N–H and O–H groups in total. The summed E-state index contributed by atoms with van der Waals surface area (Å²) in [4.78, 5) is 9.87. The Morgan fingerprint density at radius 1 is 1.48 bits per heavy atom. The zero-order valence-corrected chi connectivity index (χ0v) is 13.0. The van der Waals surface area contributed by atoms with Crippen molar-refractivity contribution in [3.63, 3.8) is 0 Å². The number of nitrogens with two attached hydrogens (primary N) is 1. The van der Waals surface area contributed by atoms with Gasteiger partial charge in [0.05, 0.1) is 9.82 Å². The Morgan fingerprint density at radius 3 is 2.57 bits per heavy atom. The summed E-state index contributed by atoms with van der Waals surface area (Å²) in [7, 11) is -5.11. The third-order valence-corrected chi connectivity index (χ3v) is 5.48. The molecule has 0 fully saturated rings. The van der Waals surface area contributed by atoms with Crippen LogP contribution in [0.3, 0.4) is 0 Å². The summed E-state index contributed by atoms with van der Waals surface area (Å²) >= 11 is 0. The number of nitro groups is 1. The maximum Gasteiger partial charge on any atom is 0.294 e. The lowest BCUT2D eigenvalue weighted by Gasteiger charge is -2.11. The normalized spacial score (nSPS) is 14.4. The summed E-state index contributed by atoms with van der Waals surface area (Å²) in [5, 5.41) is 10.5. The van der Waals surface area contributed by atoms with Crippen LogP contribution in [0.25, 0.3) is 0 Å². The van der Waals surface area contributed by atoms with E-state index in [0.717, 1.165) is 6.07 Å². The van der Waals surface area contributed by atoms with E-state index in [1.165, 1.54) is 18.4 Å². The second-order valence-corrected chi connectivity index (χ2v) is 7.81. The minimum absolute atomic E-state index is 0.00183. The van der Waals surface area contributed by atoms with Crippen LogP contribution in [0.15, 0.2) is 23.1 Å². The van der Waals surface area contributed by atoms with Gasteiger partial charge in [0.25, 0.3) is 5.69 Å². The molecule has 21 heavy (non-hydrogen) atoms. The Kier molecular flexibility index (Phi) is 5.78. The van der Waals surface area contributed by atoms with E-state index in [2.05, 4.69) is 10.1 Å². The molecule has 1 aromatic rings. The second kappa shape index (κ2) is 6.93. The molecule has 0 aliphatic rings. The lowest BCUT2D eigenvalue weighted by atomic mass is 10.3. The average Bonchev–Trinajstić information content (AvgIpc) is 2.43. The molecule has 11 heteroatoms. The smallest absolute Gasteiger partial charge is 0.294 e. The van der Waals surface area contributed by atoms with E-state index in [0.29, 0.717) is 0 Å². The lowest BCUT2D eigenvalue weighted by Crippen LogP contribution is -2.32. The van der Waals surface area contributed by atoms with Gasteiger partial charge in [-0.05, 0) is 19.1 Å². The minimum atomic E-state index is -3.93. The van der Waals surface area contributed by atoms with E-state index in [4.69, 9.17) is 5.84 Å². The van der Waals surface area contributed by atoms with Crippen molar-refractivity contribution in [1.29, 1.82) is 0 Å². The number of nitrogen functional groups attached to an aromatic ring is 1. The maximum absolute atomic E-state index is 12.0. The number of rotatable bonds is 7. The van der Waals surface area contributed by atoms with Gasteiger partial charge in [-0.25, -0.2) is 13.1 Å². The quantitative estimate of drug-likeness (QED) is 0.359. The molecular formula is C10H16N4O5S2. The molecule has 0 aliphatic carbocycles. The number of nitrogens with zero attached hydrogens (tertiary/aromatic N) is 1. The highest BCUT2D eigenvalue weighted by Crippen LogP contribution is 2.26.